The molecule has 1 aliphatic carbocycles. The number of fused-ring (bicyclic) bond motifs is 2. The first kappa shape index (κ1) is 14.0. The molecule has 3 rings (SSSR count). The number of nitrogens with zero attached hydrogens (tertiary/aromatic N) is 3. The van der Waals surface area contributed by atoms with Crippen molar-refractivity contribution in [1.82, 2.24) is 9.97 Å². The van der Waals surface area contributed by atoms with Gasteiger partial charge in [0.25, 0.3) is 0 Å². The zero-order valence-corrected chi connectivity index (χ0v) is 13.1. The van der Waals surface area contributed by atoms with Crippen LogP contribution in [0.15, 0.2) is 29.5 Å². The lowest BCUT2D eigenvalue weighted by atomic mass is 9.91. The summed E-state index contributed by atoms with van der Waals surface area (Å²) < 4.78 is 0. The van der Waals surface area contributed by atoms with Crippen molar-refractivity contribution in [1.29, 1.82) is 0 Å². The van der Waals surface area contributed by atoms with E-state index < -0.39 is 0 Å². The van der Waals surface area contributed by atoms with Gasteiger partial charge in [0.05, 0.1) is 6.04 Å². The molecule has 0 amide bonds. The molecule has 1 aromatic rings. The Hall–Kier alpha value is -1.97. The number of aromatic nitrogens is 2. The number of aryl methyl sites for hydroxylation is 2. The molecule has 21 heavy (non-hydrogen) atoms. The Morgan fingerprint density at radius 3 is 2.33 bits per heavy atom. The van der Waals surface area contributed by atoms with Crippen LogP contribution in [0.5, 0.6) is 0 Å². The van der Waals surface area contributed by atoms with E-state index in [1.165, 1.54) is 11.1 Å². The maximum Gasteiger partial charge on any atom is 0.230 e. The van der Waals surface area contributed by atoms with E-state index >= 15 is 0 Å². The molecule has 0 N–H and O–H groups in total. The van der Waals surface area contributed by atoms with Gasteiger partial charge in [0.1, 0.15) is 0 Å². The molecule has 0 radical (unpaired) electrons. The predicted octanol–water partition coefficient (Wildman–Crippen LogP) is 3.11. The smallest absolute Gasteiger partial charge is 0.230 e. The van der Waals surface area contributed by atoms with Gasteiger partial charge in [0.15, 0.2) is 5.78 Å². The molecule has 2 bridgehead atoms. The first-order chi connectivity index (χ1) is 9.95. The van der Waals surface area contributed by atoms with Gasteiger partial charge < -0.3 is 4.90 Å². The predicted molar refractivity (Wildman–Crippen MR) is 83.0 cm³/mol. The summed E-state index contributed by atoms with van der Waals surface area (Å²) in [4.78, 5) is 23.7. The summed E-state index contributed by atoms with van der Waals surface area (Å²) in [7, 11) is 0. The maximum absolute atomic E-state index is 12.7. The third-order valence-electron chi connectivity index (χ3n) is 4.46. The van der Waals surface area contributed by atoms with E-state index in [0.717, 1.165) is 24.2 Å². The van der Waals surface area contributed by atoms with Gasteiger partial charge in [-0.15, -0.1) is 0 Å². The maximum atomic E-state index is 12.7. The van der Waals surface area contributed by atoms with Crippen molar-refractivity contribution in [2.75, 3.05) is 4.90 Å². The van der Waals surface area contributed by atoms with E-state index in [2.05, 4.69) is 23.8 Å². The summed E-state index contributed by atoms with van der Waals surface area (Å²) in [6, 6.07) is 1.78. The van der Waals surface area contributed by atoms with Crippen LogP contribution >= 0.6 is 0 Å². The van der Waals surface area contributed by atoms with Gasteiger partial charge in [-0.25, -0.2) is 9.97 Å². The highest BCUT2D eigenvalue weighted by atomic mass is 16.1. The van der Waals surface area contributed by atoms with E-state index in [4.69, 9.17) is 0 Å². The minimum Gasteiger partial charge on any atom is -0.307 e. The second-order valence-corrected chi connectivity index (χ2v) is 6.19. The van der Waals surface area contributed by atoms with Crippen LogP contribution in [0.4, 0.5) is 5.95 Å². The van der Waals surface area contributed by atoms with Crippen LogP contribution in [0.2, 0.25) is 0 Å². The molecule has 2 aliphatic rings. The highest BCUT2D eigenvalue weighted by Crippen LogP contribution is 2.33. The van der Waals surface area contributed by atoms with Crippen molar-refractivity contribution in [2.24, 2.45) is 5.92 Å². The molecule has 0 spiro atoms. The molecule has 110 valence electrons. The quantitative estimate of drug-likeness (QED) is 0.743. The summed E-state index contributed by atoms with van der Waals surface area (Å²) in [5.74, 6) is 0.930. The number of Topliss-reactive ketones (excluding diaryl/α,β-unsaturated/α-hetero) is 1. The topological polar surface area (TPSA) is 46.1 Å². The lowest BCUT2D eigenvalue weighted by molar-refractivity contribution is -0.122. The number of allylic oxidation sites excluding steroid dienone is 2. The lowest BCUT2D eigenvalue weighted by Gasteiger charge is -2.32. The van der Waals surface area contributed by atoms with Crippen molar-refractivity contribution in [3.63, 3.8) is 0 Å². The number of hydrogen-bond acceptors (Lipinski definition) is 4. The number of ketones is 1. The highest BCUT2D eigenvalue weighted by molar-refractivity contribution is 5.93. The summed E-state index contributed by atoms with van der Waals surface area (Å²) in [5, 5.41) is 0. The molecule has 2 atom stereocenters. The Kier molecular flexibility index (Phi) is 3.40. The van der Waals surface area contributed by atoms with Crippen LogP contribution in [-0.2, 0) is 4.79 Å². The van der Waals surface area contributed by atoms with Gasteiger partial charge in [0.2, 0.25) is 5.95 Å². The Bertz CT molecular complexity index is 640. The molecule has 0 aromatic carbocycles. The summed E-state index contributed by atoms with van der Waals surface area (Å²) >= 11 is 0. The van der Waals surface area contributed by atoms with Crippen molar-refractivity contribution in [3.8, 4) is 0 Å². The summed E-state index contributed by atoms with van der Waals surface area (Å²) in [6.07, 6.45) is 5.61. The molecular weight excluding hydrogens is 262 g/mol. The van der Waals surface area contributed by atoms with Gasteiger partial charge in [-0.2, -0.15) is 0 Å². The van der Waals surface area contributed by atoms with Gasteiger partial charge >= 0.3 is 0 Å². The Morgan fingerprint density at radius 1 is 1.05 bits per heavy atom. The molecule has 4 heteroatoms. The molecule has 0 fully saturated rings. The van der Waals surface area contributed by atoms with Crippen molar-refractivity contribution < 1.29 is 4.79 Å². The Labute approximate surface area is 125 Å². The second kappa shape index (κ2) is 5.10. The van der Waals surface area contributed by atoms with Gasteiger partial charge in [-0.1, -0.05) is 17.2 Å². The number of carbonyl (C=O) groups is 1. The van der Waals surface area contributed by atoms with Crippen LogP contribution in [-0.4, -0.2) is 21.8 Å². The number of carbonyl (C=O) groups excluding carboxylic acids is 1. The summed E-state index contributed by atoms with van der Waals surface area (Å²) in [6.45, 7) is 8.18. The average molecular weight is 283 g/mol. The van der Waals surface area contributed by atoms with Crippen LogP contribution in [0.1, 0.15) is 38.1 Å². The molecule has 1 aromatic heterocycles. The normalized spacial score (nSPS) is 25.3. The second-order valence-electron chi connectivity index (χ2n) is 6.19. The fraction of sp³-hybridized carbons (Fsp3) is 0.471. The minimum absolute atomic E-state index is 0.00889. The average Bonchev–Trinajstić information content (AvgIpc) is 2.47. The molecule has 0 saturated carbocycles. The van der Waals surface area contributed by atoms with E-state index in [-0.39, 0.29) is 17.7 Å². The highest BCUT2D eigenvalue weighted by Gasteiger charge is 2.37. The largest absolute Gasteiger partial charge is 0.307 e. The van der Waals surface area contributed by atoms with E-state index in [9.17, 15) is 4.79 Å². The lowest BCUT2D eigenvalue weighted by Crippen LogP contribution is -2.44. The zero-order chi connectivity index (χ0) is 15.1. The van der Waals surface area contributed by atoms with Crippen molar-refractivity contribution in [2.45, 2.75) is 46.6 Å². The Balaban J connectivity index is 2.04. The number of anilines is 1. The number of hydrogen-bond donors (Lipinski definition) is 0. The van der Waals surface area contributed by atoms with Crippen molar-refractivity contribution >= 4 is 11.7 Å². The minimum atomic E-state index is -0.168. The summed E-state index contributed by atoms with van der Waals surface area (Å²) in [5.41, 5.74) is 4.51. The van der Waals surface area contributed by atoms with Crippen molar-refractivity contribution in [3.05, 3.63) is 40.9 Å². The fourth-order valence-electron chi connectivity index (χ4n) is 3.14. The third kappa shape index (κ3) is 2.50. The molecule has 0 saturated heterocycles. The third-order valence-corrected chi connectivity index (χ3v) is 4.46. The molecule has 2 unspecified atom stereocenters. The SMILES string of the molecule is CC1=C(C)CC2C(=O)C(C=CN2c2nc(C)cc(C)n2)C1. The first-order valence-corrected chi connectivity index (χ1v) is 7.43. The van der Waals surface area contributed by atoms with E-state index in [0.29, 0.717) is 5.95 Å². The Morgan fingerprint density at radius 2 is 1.67 bits per heavy atom. The van der Waals surface area contributed by atoms with E-state index in [1.807, 2.05) is 37.1 Å². The van der Waals surface area contributed by atoms with Gasteiger partial charge in [-0.3, -0.25) is 4.79 Å². The van der Waals surface area contributed by atoms with Crippen LogP contribution in [0.25, 0.3) is 0 Å². The van der Waals surface area contributed by atoms with Crippen LogP contribution in [0.3, 0.4) is 0 Å². The first-order valence-electron chi connectivity index (χ1n) is 7.43. The molecular formula is C17H21N3O. The molecule has 4 nitrogen and oxygen atoms in total. The molecule has 1 aliphatic heterocycles. The van der Waals surface area contributed by atoms with Crippen LogP contribution in [0, 0.1) is 19.8 Å². The standard InChI is InChI=1S/C17H21N3O/c1-10-7-14-5-6-20(15(16(14)21)8-11(10)2)17-18-12(3)9-13(4)19-17/h5-6,9,14-15H,7-8H2,1-4H3. The zero-order valence-electron chi connectivity index (χ0n) is 13.1. The molecule has 2 heterocycles. The monoisotopic (exact) mass is 283 g/mol. The van der Waals surface area contributed by atoms with Gasteiger partial charge in [0, 0.05) is 23.5 Å². The van der Waals surface area contributed by atoms with E-state index in [1.54, 1.807) is 0 Å². The number of rotatable bonds is 1. The van der Waals surface area contributed by atoms with Gasteiger partial charge in [-0.05, 0) is 46.6 Å². The fourth-order valence-corrected chi connectivity index (χ4v) is 3.14. The van der Waals surface area contributed by atoms with Crippen LogP contribution < -0.4 is 4.90 Å².